The van der Waals surface area contributed by atoms with Gasteiger partial charge >= 0.3 is 11.9 Å². The highest BCUT2D eigenvalue weighted by molar-refractivity contribution is 5.77. The van der Waals surface area contributed by atoms with Crippen LogP contribution in [0.5, 0.6) is 0 Å². The second-order valence-electron chi connectivity index (χ2n) is 5.11. The summed E-state index contributed by atoms with van der Waals surface area (Å²) in [4.78, 5) is 34.9. The molecule has 2 heterocycles. The van der Waals surface area contributed by atoms with E-state index in [-0.39, 0.29) is 12.5 Å². The molecule has 0 spiro atoms. The van der Waals surface area contributed by atoms with Crippen molar-refractivity contribution in [2.45, 2.75) is 32.7 Å². The minimum atomic E-state index is -0.603. The minimum Gasteiger partial charge on any atom is -0.468 e. The minimum absolute atomic E-state index is 0.0402. The summed E-state index contributed by atoms with van der Waals surface area (Å²) in [5, 5.41) is 0. The first kappa shape index (κ1) is 16.7. The van der Waals surface area contributed by atoms with Gasteiger partial charge in [0, 0.05) is 18.3 Å². The van der Waals surface area contributed by atoms with Crippen LogP contribution in [-0.2, 0) is 32.0 Å². The Kier molecular flexibility index (Phi) is 5.15. The number of nitrogens with one attached hydrogen (secondary N) is 1. The van der Waals surface area contributed by atoms with Gasteiger partial charge in [-0.1, -0.05) is 0 Å². The number of aromatic nitrogens is 4. The molecule has 8 nitrogen and oxygen atoms in total. The van der Waals surface area contributed by atoms with Gasteiger partial charge in [0.15, 0.2) is 0 Å². The van der Waals surface area contributed by atoms with E-state index in [2.05, 4.69) is 25.9 Å². The zero-order valence-electron chi connectivity index (χ0n) is 13.5. The molecule has 1 radical (unpaired) electrons. The number of rotatable bonds is 6. The maximum atomic E-state index is 12.1. The van der Waals surface area contributed by atoms with Crippen molar-refractivity contribution < 1.29 is 19.1 Å². The number of esters is 2. The van der Waals surface area contributed by atoms with Gasteiger partial charge in [-0.15, -0.1) is 0 Å². The van der Waals surface area contributed by atoms with Crippen LogP contribution in [0.2, 0.25) is 0 Å². The summed E-state index contributed by atoms with van der Waals surface area (Å²) in [5.41, 5.74) is 1.22. The summed E-state index contributed by atoms with van der Waals surface area (Å²) in [7, 11) is 2.65. The number of carbonyl (C=O) groups excluding carboxylic acids is 2. The van der Waals surface area contributed by atoms with E-state index in [0.29, 0.717) is 23.6 Å². The summed E-state index contributed by atoms with van der Waals surface area (Å²) in [6.45, 7) is 3.61. The van der Waals surface area contributed by atoms with Gasteiger partial charge in [-0.25, -0.2) is 9.97 Å². The van der Waals surface area contributed by atoms with E-state index in [9.17, 15) is 9.59 Å². The Bertz CT molecular complexity index is 704. The van der Waals surface area contributed by atoms with Gasteiger partial charge in [-0.05, 0) is 13.8 Å². The fourth-order valence-corrected chi connectivity index (χ4v) is 2.24. The Hall–Kier alpha value is -2.64. The first-order chi connectivity index (χ1) is 10.9. The average Bonchev–Trinajstić information content (AvgIpc) is 3.10. The number of imidazole rings is 2. The lowest BCUT2D eigenvalue weighted by Gasteiger charge is -2.11. The third kappa shape index (κ3) is 3.97. The second-order valence-corrected chi connectivity index (χ2v) is 5.11. The number of ether oxygens (including phenoxy) is 2. The number of nitrogens with zero attached hydrogens (tertiary/aromatic N) is 3. The largest absolute Gasteiger partial charge is 0.468 e. The molecule has 0 aliphatic rings. The van der Waals surface area contributed by atoms with E-state index in [1.807, 2.05) is 6.92 Å². The number of hydrogen-bond donors (Lipinski definition) is 1. The van der Waals surface area contributed by atoms with Crippen LogP contribution in [0, 0.1) is 20.0 Å². The van der Waals surface area contributed by atoms with E-state index >= 15 is 0 Å². The summed E-state index contributed by atoms with van der Waals surface area (Å²) < 4.78 is 11.2. The number of aryl methyl sites for hydroxylation is 2. The van der Waals surface area contributed by atoms with Crippen LogP contribution in [-0.4, -0.2) is 45.7 Å². The van der Waals surface area contributed by atoms with E-state index < -0.39 is 11.9 Å². The van der Waals surface area contributed by atoms with Gasteiger partial charge in [0.05, 0.1) is 19.9 Å². The van der Waals surface area contributed by atoms with Crippen LogP contribution in [0.3, 0.4) is 0 Å². The first-order valence-electron chi connectivity index (χ1n) is 7.06. The molecule has 2 aromatic heterocycles. The SMILES string of the molecule is COC(=O)Cn1cc(C(Cc2[c]nc(C)[nH]2)C(=O)OC)nc1C. The first-order valence-corrected chi connectivity index (χ1v) is 7.06. The Morgan fingerprint density at radius 2 is 2.09 bits per heavy atom. The molecule has 0 aliphatic heterocycles. The maximum absolute atomic E-state index is 12.1. The molecule has 0 saturated carbocycles. The molecule has 2 rings (SSSR count). The van der Waals surface area contributed by atoms with E-state index in [0.717, 1.165) is 5.82 Å². The molecule has 0 fully saturated rings. The molecule has 0 saturated heterocycles. The topological polar surface area (TPSA) is 99.1 Å². The van der Waals surface area contributed by atoms with Crippen molar-refractivity contribution in [3.05, 3.63) is 35.4 Å². The van der Waals surface area contributed by atoms with Crippen molar-refractivity contribution in [1.29, 1.82) is 0 Å². The maximum Gasteiger partial charge on any atom is 0.325 e. The quantitative estimate of drug-likeness (QED) is 0.787. The molecule has 2 aromatic rings. The molecule has 8 heteroatoms. The monoisotopic (exact) mass is 319 g/mol. The standard InChI is InChI=1S/C15H19N4O4/c1-9-16-6-11(17-9)5-12(15(21)23-4)13-7-19(10(2)18-13)8-14(20)22-3/h7,12H,5,8H2,1-4H3,(H,16,17). The third-order valence-electron chi connectivity index (χ3n) is 3.46. The van der Waals surface area contributed by atoms with Crippen LogP contribution in [0.4, 0.5) is 0 Å². The van der Waals surface area contributed by atoms with Crippen molar-refractivity contribution in [3.63, 3.8) is 0 Å². The highest BCUT2D eigenvalue weighted by atomic mass is 16.5. The van der Waals surface area contributed by atoms with Crippen molar-refractivity contribution >= 4 is 11.9 Å². The Morgan fingerprint density at radius 3 is 2.65 bits per heavy atom. The van der Waals surface area contributed by atoms with Gasteiger partial charge in [0.1, 0.15) is 30.3 Å². The molecule has 0 amide bonds. The highest BCUT2D eigenvalue weighted by Crippen LogP contribution is 2.21. The number of aromatic amines is 1. The molecular formula is C15H19N4O4. The van der Waals surface area contributed by atoms with Crippen LogP contribution in [0.1, 0.15) is 29.0 Å². The van der Waals surface area contributed by atoms with Gasteiger partial charge in [0.25, 0.3) is 0 Å². The summed E-state index contributed by atoms with van der Waals surface area (Å²) in [6, 6.07) is 0. The van der Waals surface area contributed by atoms with Crippen molar-refractivity contribution in [2.24, 2.45) is 0 Å². The predicted molar refractivity (Wildman–Crippen MR) is 79.6 cm³/mol. The molecule has 0 aromatic carbocycles. The van der Waals surface area contributed by atoms with E-state index in [4.69, 9.17) is 4.74 Å². The third-order valence-corrected chi connectivity index (χ3v) is 3.46. The Balaban J connectivity index is 2.27. The lowest BCUT2D eigenvalue weighted by Crippen LogP contribution is -2.17. The number of hydrogen-bond acceptors (Lipinski definition) is 6. The van der Waals surface area contributed by atoms with Crippen LogP contribution in [0.25, 0.3) is 0 Å². The van der Waals surface area contributed by atoms with Crippen molar-refractivity contribution in [2.75, 3.05) is 14.2 Å². The van der Waals surface area contributed by atoms with E-state index in [1.54, 1.807) is 17.7 Å². The van der Waals surface area contributed by atoms with E-state index in [1.165, 1.54) is 14.2 Å². The molecule has 1 unspecified atom stereocenters. The molecule has 1 atom stereocenters. The fourth-order valence-electron chi connectivity index (χ4n) is 2.24. The molecular weight excluding hydrogens is 300 g/mol. The van der Waals surface area contributed by atoms with Crippen molar-refractivity contribution in [1.82, 2.24) is 19.5 Å². The Morgan fingerprint density at radius 1 is 1.35 bits per heavy atom. The summed E-state index contributed by atoms with van der Waals surface area (Å²) in [6.07, 6.45) is 4.82. The van der Waals surface area contributed by atoms with Gasteiger partial charge in [-0.2, -0.15) is 0 Å². The van der Waals surface area contributed by atoms with Crippen LogP contribution >= 0.6 is 0 Å². The van der Waals surface area contributed by atoms with Gasteiger partial charge in [-0.3, -0.25) is 9.59 Å². The average molecular weight is 319 g/mol. The molecule has 0 bridgehead atoms. The lowest BCUT2D eigenvalue weighted by molar-refractivity contribution is -0.142. The summed E-state index contributed by atoms with van der Waals surface area (Å²) in [5.74, 6) is -0.0636. The molecule has 1 N–H and O–H groups in total. The zero-order chi connectivity index (χ0) is 17.0. The second kappa shape index (κ2) is 7.08. The molecule has 0 aliphatic carbocycles. The molecule has 23 heavy (non-hydrogen) atoms. The number of methoxy groups -OCH3 is 2. The zero-order valence-corrected chi connectivity index (χ0v) is 13.5. The van der Waals surface area contributed by atoms with Crippen LogP contribution in [0.15, 0.2) is 6.20 Å². The lowest BCUT2D eigenvalue weighted by atomic mass is 10.0. The summed E-state index contributed by atoms with van der Waals surface area (Å²) >= 11 is 0. The van der Waals surface area contributed by atoms with Crippen LogP contribution < -0.4 is 0 Å². The van der Waals surface area contributed by atoms with Gasteiger partial charge < -0.3 is 19.0 Å². The highest BCUT2D eigenvalue weighted by Gasteiger charge is 2.26. The van der Waals surface area contributed by atoms with Gasteiger partial charge in [0.2, 0.25) is 0 Å². The fraction of sp³-hybridized carbons (Fsp3) is 0.467. The molecule has 123 valence electrons. The van der Waals surface area contributed by atoms with Crippen molar-refractivity contribution in [3.8, 4) is 0 Å². The predicted octanol–water partition coefficient (Wildman–Crippen LogP) is 0.696. The number of carbonyl (C=O) groups is 2. The number of H-pyrrole nitrogens is 1. The smallest absolute Gasteiger partial charge is 0.325 e. The Labute approximate surface area is 133 Å². The normalized spacial score (nSPS) is 12.0.